The molecule has 0 bridgehead atoms. The monoisotopic (exact) mass is 555 g/mol. The molecule has 6 nitrogen and oxygen atoms in total. The number of benzene rings is 2. The summed E-state index contributed by atoms with van der Waals surface area (Å²) >= 11 is 0. The fourth-order valence-electron chi connectivity index (χ4n) is 5.18. The standard InChI is InChI=1S/C31H36F3N3O3/c1-4-40-29(38)18-27-21-36(19-23-11-13-35-14-12-23)15-16-37(27)20-24-5-10-28(22(2)17-24)25-6-8-26(9-7-25)30(3,39)31(32,33)34/h5-14,17,27,39H,4,15-16,18-21H2,1-3H3. The van der Waals surface area contributed by atoms with Gasteiger partial charge in [0.15, 0.2) is 5.60 Å². The number of aliphatic hydroxyl groups is 1. The summed E-state index contributed by atoms with van der Waals surface area (Å²) in [6, 6.07) is 15.9. The van der Waals surface area contributed by atoms with Gasteiger partial charge in [-0.1, -0.05) is 42.5 Å². The second kappa shape index (κ2) is 12.5. The van der Waals surface area contributed by atoms with E-state index in [9.17, 15) is 23.1 Å². The van der Waals surface area contributed by atoms with E-state index in [1.165, 1.54) is 17.7 Å². The predicted molar refractivity (Wildman–Crippen MR) is 147 cm³/mol. The Bertz CT molecular complexity index is 1280. The van der Waals surface area contributed by atoms with Gasteiger partial charge in [-0.2, -0.15) is 13.2 Å². The quantitative estimate of drug-likeness (QED) is 0.354. The molecular formula is C31H36F3N3O3. The molecule has 40 heavy (non-hydrogen) atoms. The number of rotatable bonds is 9. The van der Waals surface area contributed by atoms with Crippen LogP contribution in [0.4, 0.5) is 13.2 Å². The van der Waals surface area contributed by atoms with Crippen molar-refractivity contribution in [1.29, 1.82) is 0 Å². The molecule has 1 aliphatic rings. The normalized spacial score (nSPS) is 18.3. The summed E-state index contributed by atoms with van der Waals surface area (Å²) in [6.45, 7) is 8.76. The lowest BCUT2D eigenvalue weighted by Gasteiger charge is -2.41. The molecule has 1 saturated heterocycles. The van der Waals surface area contributed by atoms with Crippen LogP contribution in [0.25, 0.3) is 11.1 Å². The molecule has 0 radical (unpaired) electrons. The molecule has 4 rings (SSSR count). The third-order valence-electron chi connectivity index (χ3n) is 7.54. The highest BCUT2D eigenvalue weighted by Gasteiger charge is 2.51. The maximum absolute atomic E-state index is 13.2. The summed E-state index contributed by atoms with van der Waals surface area (Å²) in [7, 11) is 0. The van der Waals surface area contributed by atoms with Gasteiger partial charge in [-0.25, -0.2) is 0 Å². The second-order valence-electron chi connectivity index (χ2n) is 10.5. The van der Waals surface area contributed by atoms with Crippen molar-refractivity contribution in [1.82, 2.24) is 14.8 Å². The van der Waals surface area contributed by atoms with Gasteiger partial charge in [0.05, 0.1) is 13.0 Å². The van der Waals surface area contributed by atoms with E-state index >= 15 is 0 Å². The molecule has 9 heteroatoms. The first kappa shape index (κ1) is 29.7. The van der Waals surface area contributed by atoms with Crippen molar-refractivity contribution in [2.24, 2.45) is 0 Å². The molecule has 0 spiro atoms. The highest BCUT2D eigenvalue weighted by molar-refractivity contribution is 5.70. The Hall–Kier alpha value is -3.27. The number of ether oxygens (including phenoxy) is 1. The summed E-state index contributed by atoms with van der Waals surface area (Å²) in [5.74, 6) is -0.206. The number of hydrogen-bond acceptors (Lipinski definition) is 6. The highest BCUT2D eigenvalue weighted by Crippen LogP contribution is 2.39. The number of aromatic nitrogens is 1. The minimum absolute atomic E-state index is 0.00332. The van der Waals surface area contributed by atoms with Gasteiger partial charge in [0, 0.05) is 51.2 Å². The highest BCUT2D eigenvalue weighted by atomic mass is 19.4. The molecule has 2 aromatic carbocycles. The second-order valence-corrected chi connectivity index (χ2v) is 10.5. The van der Waals surface area contributed by atoms with Gasteiger partial charge in [-0.15, -0.1) is 0 Å². The van der Waals surface area contributed by atoms with E-state index in [0.29, 0.717) is 19.6 Å². The molecule has 3 aromatic rings. The van der Waals surface area contributed by atoms with E-state index < -0.39 is 11.8 Å². The van der Waals surface area contributed by atoms with Crippen LogP contribution < -0.4 is 0 Å². The lowest BCUT2D eigenvalue weighted by atomic mass is 9.92. The number of pyridine rings is 1. The number of piperazine rings is 1. The zero-order valence-electron chi connectivity index (χ0n) is 23.1. The van der Waals surface area contributed by atoms with E-state index in [2.05, 4.69) is 20.9 Å². The number of hydrogen-bond donors (Lipinski definition) is 1. The molecule has 0 saturated carbocycles. The summed E-state index contributed by atoms with van der Waals surface area (Å²) < 4.78 is 44.9. The molecule has 1 aromatic heterocycles. The molecule has 0 amide bonds. The van der Waals surface area contributed by atoms with Crippen molar-refractivity contribution in [2.75, 3.05) is 26.2 Å². The van der Waals surface area contributed by atoms with E-state index in [1.54, 1.807) is 24.5 Å². The molecule has 0 aliphatic carbocycles. The van der Waals surface area contributed by atoms with Crippen molar-refractivity contribution in [2.45, 2.75) is 58.1 Å². The van der Waals surface area contributed by atoms with Crippen LogP contribution in [0.2, 0.25) is 0 Å². The molecule has 2 atom stereocenters. The van der Waals surface area contributed by atoms with E-state index in [0.717, 1.165) is 55.4 Å². The van der Waals surface area contributed by atoms with Crippen LogP contribution in [0.3, 0.4) is 0 Å². The van der Waals surface area contributed by atoms with Crippen LogP contribution in [0, 0.1) is 6.92 Å². The smallest absolute Gasteiger partial charge is 0.421 e. The van der Waals surface area contributed by atoms with Gasteiger partial charge in [-0.05, 0) is 66.3 Å². The Morgan fingerprint density at radius 1 is 1.02 bits per heavy atom. The average molecular weight is 556 g/mol. The van der Waals surface area contributed by atoms with Crippen molar-refractivity contribution in [3.05, 3.63) is 89.2 Å². The Labute approximate surface area is 233 Å². The number of carbonyl (C=O) groups is 1. The largest absolute Gasteiger partial charge is 0.466 e. The van der Waals surface area contributed by atoms with Crippen molar-refractivity contribution < 1.29 is 27.8 Å². The molecule has 1 aliphatic heterocycles. The van der Waals surface area contributed by atoms with Crippen LogP contribution in [0.15, 0.2) is 67.0 Å². The molecule has 214 valence electrons. The van der Waals surface area contributed by atoms with E-state index in [-0.39, 0.29) is 17.6 Å². The Morgan fingerprint density at radius 3 is 2.35 bits per heavy atom. The molecular weight excluding hydrogens is 519 g/mol. The first-order valence-electron chi connectivity index (χ1n) is 13.5. The maximum atomic E-state index is 13.2. The van der Waals surface area contributed by atoms with Crippen LogP contribution in [-0.4, -0.2) is 64.3 Å². The summed E-state index contributed by atoms with van der Waals surface area (Å²) in [5.41, 5.74) is 1.84. The van der Waals surface area contributed by atoms with Crippen molar-refractivity contribution in [3.63, 3.8) is 0 Å². The lowest BCUT2D eigenvalue weighted by molar-refractivity contribution is -0.258. The van der Waals surface area contributed by atoms with E-state index in [1.807, 2.05) is 38.1 Å². The first-order valence-corrected chi connectivity index (χ1v) is 13.5. The van der Waals surface area contributed by atoms with Crippen LogP contribution >= 0.6 is 0 Å². The number of aryl methyl sites for hydroxylation is 1. The summed E-state index contributed by atoms with van der Waals surface area (Å²) in [6.07, 6.45) is -0.879. The fraction of sp³-hybridized carbons (Fsp3) is 0.419. The zero-order chi connectivity index (χ0) is 28.9. The summed E-state index contributed by atoms with van der Waals surface area (Å²) in [5, 5.41) is 9.96. The molecule has 2 heterocycles. The third-order valence-corrected chi connectivity index (χ3v) is 7.54. The van der Waals surface area contributed by atoms with Gasteiger partial charge in [-0.3, -0.25) is 19.6 Å². The minimum atomic E-state index is -4.76. The van der Waals surface area contributed by atoms with Gasteiger partial charge in [0.25, 0.3) is 0 Å². The third kappa shape index (κ3) is 7.08. The van der Waals surface area contributed by atoms with Crippen LogP contribution in [0.5, 0.6) is 0 Å². The van der Waals surface area contributed by atoms with Crippen LogP contribution in [-0.2, 0) is 28.2 Å². The average Bonchev–Trinajstić information content (AvgIpc) is 2.90. The van der Waals surface area contributed by atoms with E-state index in [4.69, 9.17) is 4.74 Å². The number of halogens is 3. The predicted octanol–water partition coefficient (Wildman–Crippen LogP) is 5.47. The molecule has 1 N–H and O–H groups in total. The zero-order valence-corrected chi connectivity index (χ0v) is 23.1. The maximum Gasteiger partial charge on any atom is 0.421 e. The first-order chi connectivity index (χ1) is 19.0. The van der Waals surface area contributed by atoms with Gasteiger partial charge in [0.2, 0.25) is 0 Å². The Morgan fingerprint density at radius 2 is 1.73 bits per heavy atom. The summed E-state index contributed by atoms with van der Waals surface area (Å²) in [4.78, 5) is 21.2. The Balaban J connectivity index is 1.47. The van der Waals surface area contributed by atoms with Crippen LogP contribution in [0.1, 0.15) is 42.5 Å². The van der Waals surface area contributed by atoms with Crippen molar-refractivity contribution >= 4 is 5.97 Å². The molecule has 2 unspecified atom stereocenters. The minimum Gasteiger partial charge on any atom is -0.466 e. The lowest BCUT2D eigenvalue weighted by Crippen LogP contribution is -2.53. The van der Waals surface area contributed by atoms with Gasteiger partial charge < -0.3 is 9.84 Å². The number of alkyl halides is 3. The Kier molecular flexibility index (Phi) is 9.28. The number of nitrogens with zero attached hydrogens (tertiary/aromatic N) is 3. The van der Waals surface area contributed by atoms with Gasteiger partial charge in [0.1, 0.15) is 0 Å². The fourth-order valence-corrected chi connectivity index (χ4v) is 5.18. The number of carbonyl (C=O) groups excluding carboxylic acids is 1. The van der Waals surface area contributed by atoms with Crippen molar-refractivity contribution in [3.8, 4) is 11.1 Å². The number of esters is 1. The SMILES string of the molecule is CCOC(=O)CC1CN(Cc2ccncc2)CCN1Cc1ccc(-c2ccc(C(C)(O)C(F)(F)F)cc2)c(C)c1. The molecule has 1 fully saturated rings. The van der Waals surface area contributed by atoms with Gasteiger partial charge >= 0.3 is 12.1 Å². The topological polar surface area (TPSA) is 65.9 Å².